The average Bonchev–Trinajstić information content (AvgIpc) is 3.35. The van der Waals surface area contributed by atoms with E-state index in [0.717, 1.165) is 58.5 Å². The number of fused-ring (bicyclic) bond motifs is 1. The number of hydrogen-bond donors (Lipinski definition) is 2. The van der Waals surface area contributed by atoms with E-state index in [2.05, 4.69) is 21.1 Å². The molecule has 1 fully saturated rings. The zero-order valence-corrected chi connectivity index (χ0v) is 19.7. The molecule has 0 radical (unpaired) electrons. The summed E-state index contributed by atoms with van der Waals surface area (Å²) in [5.41, 5.74) is 1.82. The molecule has 5 rings (SSSR count). The van der Waals surface area contributed by atoms with Crippen molar-refractivity contribution < 1.29 is 13.2 Å². The predicted molar refractivity (Wildman–Crippen MR) is 132 cm³/mol. The quantitative estimate of drug-likeness (QED) is 0.406. The number of hydrogen-bond acceptors (Lipinski definition) is 6. The maximum Gasteiger partial charge on any atom is 0.250 e. The summed E-state index contributed by atoms with van der Waals surface area (Å²) >= 11 is 1.25. The first kappa shape index (κ1) is 22.0. The average molecular weight is 480 g/mol. The van der Waals surface area contributed by atoms with Crippen molar-refractivity contribution in [3.63, 3.8) is 0 Å². The molecule has 2 aromatic carbocycles. The van der Waals surface area contributed by atoms with E-state index in [1.165, 1.54) is 11.3 Å². The van der Waals surface area contributed by atoms with Crippen LogP contribution in [-0.2, 0) is 16.6 Å². The van der Waals surface area contributed by atoms with E-state index >= 15 is 0 Å². The number of benzene rings is 2. The lowest BCUT2D eigenvalue weighted by Crippen LogP contribution is -2.34. The number of sulfonamides is 1. The van der Waals surface area contributed by atoms with Crippen LogP contribution >= 0.6 is 11.3 Å². The molecule has 6 nitrogen and oxygen atoms in total. The van der Waals surface area contributed by atoms with Gasteiger partial charge in [0.25, 0.3) is 0 Å². The number of thiophene rings is 1. The molecule has 170 valence electrons. The summed E-state index contributed by atoms with van der Waals surface area (Å²) in [6, 6.07) is 19.1. The van der Waals surface area contributed by atoms with Crippen LogP contribution < -0.4 is 14.8 Å². The molecule has 33 heavy (non-hydrogen) atoms. The fraction of sp³-hybridized carbons (Fsp3) is 0.240. The van der Waals surface area contributed by atoms with Gasteiger partial charge in [-0.3, -0.25) is 4.98 Å². The minimum absolute atomic E-state index is 0.134. The van der Waals surface area contributed by atoms with Crippen LogP contribution in [0.5, 0.6) is 5.75 Å². The van der Waals surface area contributed by atoms with Gasteiger partial charge in [0.2, 0.25) is 10.0 Å². The van der Waals surface area contributed by atoms with Crippen molar-refractivity contribution >= 4 is 32.1 Å². The Hall–Kier alpha value is -2.78. The molecule has 0 aliphatic carbocycles. The maximum absolute atomic E-state index is 12.9. The molecule has 0 saturated carbocycles. The summed E-state index contributed by atoms with van der Waals surface area (Å²) in [6.07, 6.45) is 5.61. The molecular formula is C25H25N3O3S2. The minimum Gasteiger partial charge on any atom is -0.490 e. The molecule has 1 saturated heterocycles. The van der Waals surface area contributed by atoms with Crippen LogP contribution in [0.3, 0.4) is 0 Å². The second-order valence-electron chi connectivity index (χ2n) is 8.07. The Morgan fingerprint density at radius 1 is 1.03 bits per heavy atom. The highest BCUT2D eigenvalue weighted by molar-refractivity contribution is 7.91. The third-order valence-corrected chi connectivity index (χ3v) is 8.75. The Bertz CT molecular complexity index is 1350. The van der Waals surface area contributed by atoms with Crippen molar-refractivity contribution in [1.29, 1.82) is 0 Å². The summed E-state index contributed by atoms with van der Waals surface area (Å²) in [4.78, 5) is 5.09. The molecule has 1 aliphatic rings. The van der Waals surface area contributed by atoms with Crippen molar-refractivity contribution in [3.8, 4) is 16.2 Å². The molecule has 4 aromatic rings. The van der Waals surface area contributed by atoms with Crippen LogP contribution in [-0.4, -0.2) is 32.6 Å². The molecule has 0 bridgehead atoms. The van der Waals surface area contributed by atoms with E-state index in [0.29, 0.717) is 0 Å². The molecule has 1 aliphatic heterocycles. The number of pyridine rings is 1. The lowest BCUT2D eigenvalue weighted by atomic mass is 10.1. The molecule has 2 aromatic heterocycles. The van der Waals surface area contributed by atoms with E-state index in [9.17, 15) is 8.42 Å². The number of nitrogens with zero attached hydrogens (tertiary/aromatic N) is 1. The monoisotopic (exact) mass is 479 g/mol. The molecule has 0 unspecified atom stereocenters. The SMILES string of the molecule is O=S(=O)(NCc1ccccc1)c1ccc(-c2cc3ccncc3cc2OC2CCNCC2)s1. The molecule has 0 spiro atoms. The molecule has 0 amide bonds. The third kappa shape index (κ3) is 5.09. The van der Waals surface area contributed by atoms with E-state index in [1.54, 1.807) is 12.3 Å². The summed E-state index contributed by atoms with van der Waals surface area (Å²) in [5.74, 6) is 0.769. The minimum atomic E-state index is -3.62. The second kappa shape index (κ2) is 9.61. The third-order valence-electron chi connectivity index (χ3n) is 5.74. The van der Waals surface area contributed by atoms with Gasteiger partial charge in [-0.15, -0.1) is 11.3 Å². The Morgan fingerprint density at radius 3 is 2.67 bits per heavy atom. The summed E-state index contributed by atoms with van der Waals surface area (Å²) < 4.78 is 35.2. The Kier molecular flexibility index (Phi) is 6.41. The largest absolute Gasteiger partial charge is 0.490 e. The Labute approximate surface area is 197 Å². The Balaban J connectivity index is 1.45. The summed E-state index contributed by atoms with van der Waals surface area (Å²) in [6.45, 7) is 2.12. The van der Waals surface area contributed by atoms with Crippen molar-refractivity contribution in [2.75, 3.05) is 13.1 Å². The number of piperidine rings is 1. The molecule has 3 heterocycles. The lowest BCUT2D eigenvalue weighted by Gasteiger charge is -2.25. The fourth-order valence-electron chi connectivity index (χ4n) is 3.95. The maximum atomic E-state index is 12.9. The highest BCUT2D eigenvalue weighted by Gasteiger charge is 2.21. The van der Waals surface area contributed by atoms with Gasteiger partial charge in [0.05, 0.1) is 0 Å². The van der Waals surface area contributed by atoms with Crippen molar-refractivity contribution in [1.82, 2.24) is 15.0 Å². The topological polar surface area (TPSA) is 80.3 Å². The van der Waals surface area contributed by atoms with Crippen molar-refractivity contribution in [2.24, 2.45) is 0 Å². The van der Waals surface area contributed by atoms with E-state index in [4.69, 9.17) is 4.74 Å². The highest BCUT2D eigenvalue weighted by atomic mass is 32.2. The van der Waals surface area contributed by atoms with Gasteiger partial charge in [-0.1, -0.05) is 30.3 Å². The van der Waals surface area contributed by atoms with Crippen LogP contribution in [0.2, 0.25) is 0 Å². The van der Waals surface area contributed by atoms with Gasteiger partial charge in [0.1, 0.15) is 16.1 Å². The first-order chi connectivity index (χ1) is 16.1. The van der Waals surface area contributed by atoms with Gasteiger partial charge in [0, 0.05) is 34.8 Å². The predicted octanol–water partition coefficient (Wildman–Crippen LogP) is 4.57. The fourth-order valence-corrected chi connectivity index (χ4v) is 6.34. The summed E-state index contributed by atoms with van der Waals surface area (Å²) in [5, 5.41) is 5.40. The van der Waals surface area contributed by atoms with Gasteiger partial charge < -0.3 is 10.1 Å². The molecule has 8 heteroatoms. The number of ether oxygens (including phenoxy) is 1. The zero-order chi connectivity index (χ0) is 22.7. The van der Waals surface area contributed by atoms with Crippen LogP contribution in [0.1, 0.15) is 18.4 Å². The first-order valence-corrected chi connectivity index (χ1v) is 13.3. The van der Waals surface area contributed by atoms with Crippen LogP contribution in [0.25, 0.3) is 21.2 Å². The van der Waals surface area contributed by atoms with E-state index in [1.807, 2.05) is 54.7 Å². The van der Waals surface area contributed by atoms with E-state index < -0.39 is 10.0 Å². The van der Waals surface area contributed by atoms with Gasteiger partial charge in [0.15, 0.2) is 0 Å². The van der Waals surface area contributed by atoms with Crippen LogP contribution in [0, 0.1) is 0 Å². The van der Waals surface area contributed by atoms with Gasteiger partial charge in [-0.2, -0.15) is 0 Å². The number of rotatable bonds is 7. The standard InChI is InChI=1S/C25H25N3O3S2/c29-33(30,28-16-18-4-2-1-3-5-18)25-7-6-24(32-25)22-14-19-8-11-27-17-20(19)15-23(22)31-21-9-12-26-13-10-21/h1-8,11,14-15,17,21,26,28H,9-10,12-13,16H2. The first-order valence-electron chi connectivity index (χ1n) is 11.0. The van der Waals surface area contributed by atoms with Crippen LogP contribution in [0.4, 0.5) is 0 Å². The van der Waals surface area contributed by atoms with Gasteiger partial charge >= 0.3 is 0 Å². The Morgan fingerprint density at radius 2 is 1.85 bits per heavy atom. The summed E-state index contributed by atoms with van der Waals surface area (Å²) in [7, 11) is -3.62. The normalized spacial score (nSPS) is 15.0. The van der Waals surface area contributed by atoms with E-state index in [-0.39, 0.29) is 16.9 Å². The van der Waals surface area contributed by atoms with Gasteiger partial charge in [-0.05, 0) is 67.2 Å². The molecule has 2 N–H and O–H groups in total. The molecule has 0 atom stereocenters. The molecular weight excluding hydrogens is 454 g/mol. The van der Waals surface area contributed by atoms with Crippen molar-refractivity contribution in [3.05, 3.63) is 78.6 Å². The number of aromatic nitrogens is 1. The smallest absolute Gasteiger partial charge is 0.250 e. The highest BCUT2D eigenvalue weighted by Crippen LogP contribution is 2.39. The zero-order valence-electron chi connectivity index (χ0n) is 18.0. The van der Waals surface area contributed by atoms with Crippen molar-refractivity contribution in [2.45, 2.75) is 29.7 Å². The second-order valence-corrected chi connectivity index (χ2v) is 11.1. The van der Waals surface area contributed by atoms with Crippen LogP contribution in [0.15, 0.2) is 77.3 Å². The lowest BCUT2D eigenvalue weighted by molar-refractivity contribution is 0.163. The van der Waals surface area contributed by atoms with Gasteiger partial charge in [-0.25, -0.2) is 13.1 Å². The number of nitrogens with one attached hydrogen (secondary N) is 2.